The van der Waals surface area contributed by atoms with Crippen molar-refractivity contribution in [3.63, 3.8) is 0 Å². The largest absolute Gasteiger partial charge is 0.480 e. The molecule has 0 aliphatic carbocycles. The molecule has 0 saturated carbocycles. The van der Waals surface area contributed by atoms with E-state index >= 15 is 0 Å². The highest BCUT2D eigenvalue weighted by molar-refractivity contribution is 6.01. The molecule has 2 atom stereocenters. The number of carboxylic acids is 1. The van der Waals surface area contributed by atoms with E-state index in [-0.39, 0.29) is 12.3 Å². The highest BCUT2D eigenvalue weighted by Crippen LogP contribution is 2.22. The van der Waals surface area contributed by atoms with Crippen LogP contribution < -0.4 is 5.32 Å². The molecule has 134 valence electrons. The monoisotopic (exact) mass is 352 g/mol. The van der Waals surface area contributed by atoms with Crippen molar-refractivity contribution < 1.29 is 19.5 Å². The Balaban J connectivity index is 1.75. The second kappa shape index (κ2) is 7.39. The topological polar surface area (TPSA) is 86.7 Å². The lowest BCUT2D eigenvalue weighted by Gasteiger charge is -2.33. The third-order valence-corrected chi connectivity index (χ3v) is 4.65. The van der Waals surface area contributed by atoms with Gasteiger partial charge in [0.1, 0.15) is 12.1 Å². The number of carboxylic acid groups (broad SMARTS) is 1. The Hall–Kier alpha value is -3.15. The number of benzene rings is 2. The maximum atomic E-state index is 12.7. The smallest absolute Gasteiger partial charge is 0.326 e. The molecule has 0 radical (unpaired) electrons. The van der Waals surface area contributed by atoms with Gasteiger partial charge in [-0.1, -0.05) is 48.5 Å². The van der Waals surface area contributed by atoms with Crippen molar-refractivity contribution in [2.45, 2.75) is 24.9 Å². The Kier molecular flexibility index (Phi) is 5.02. The molecule has 2 aromatic rings. The van der Waals surface area contributed by atoms with Crippen LogP contribution in [0.1, 0.15) is 21.5 Å². The number of aliphatic carboxylic acids is 1. The van der Waals surface area contributed by atoms with Crippen LogP contribution in [-0.4, -0.2) is 46.9 Å². The van der Waals surface area contributed by atoms with Crippen molar-refractivity contribution in [3.05, 3.63) is 71.3 Å². The molecule has 2 unspecified atom stereocenters. The maximum Gasteiger partial charge on any atom is 0.326 e. The minimum atomic E-state index is -1.10. The van der Waals surface area contributed by atoms with E-state index in [9.17, 15) is 19.5 Å². The molecular weight excluding hydrogens is 332 g/mol. The van der Waals surface area contributed by atoms with Gasteiger partial charge in [-0.3, -0.25) is 9.59 Å². The summed E-state index contributed by atoms with van der Waals surface area (Å²) in [4.78, 5) is 38.1. The first-order valence-corrected chi connectivity index (χ1v) is 8.39. The number of carbonyl (C=O) groups is 3. The molecule has 1 heterocycles. The lowest BCUT2D eigenvalue weighted by atomic mass is 9.93. The fourth-order valence-electron chi connectivity index (χ4n) is 3.17. The molecule has 1 aliphatic rings. The Morgan fingerprint density at radius 2 is 1.81 bits per heavy atom. The molecule has 26 heavy (non-hydrogen) atoms. The van der Waals surface area contributed by atoms with Crippen molar-refractivity contribution in [2.24, 2.45) is 0 Å². The van der Waals surface area contributed by atoms with Crippen LogP contribution in [0.4, 0.5) is 0 Å². The summed E-state index contributed by atoms with van der Waals surface area (Å²) < 4.78 is 0. The van der Waals surface area contributed by atoms with E-state index in [2.05, 4.69) is 5.32 Å². The van der Waals surface area contributed by atoms with Gasteiger partial charge in [0, 0.05) is 25.5 Å². The van der Waals surface area contributed by atoms with Gasteiger partial charge in [0.15, 0.2) is 0 Å². The summed E-state index contributed by atoms with van der Waals surface area (Å²) in [5.41, 5.74) is 2.20. The van der Waals surface area contributed by atoms with Crippen LogP contribution in [-0.2, 0) is 22.4 Å². The summed E-state index contributed by atoms with van der Waals surface area (Å²) in [6.07, 6.45) is 0.546. The second-order valence-corrected chi connectivity index (χ2v) is 6.38. The van der Waals surface area contributed by atoms with Crippen LogP contribution in [0.25, 0.3) is 0 Å². The first kappa shape index (κ1) is 17.7. The summed E-state index contributed by atoms with van der Waals surface area (Å²) in [5.74, 6) is -1.80. The quantitative estimate of drug-likeness (QED) is 0.854. The van der Waals surface area contributed by atoms with Crippen LogP contribution in [0.3, 0.4) is 0 Å². The van der Waals surface area contributed by atoms with E-state index in [1.807, 2.05) is 42.5 Å². The molecule has 1 aliphatic heterocycles. The lowest BCUT2D eigenvalue weighted by molar-refractivity contribution is -0.142. The molecule has 0 spiro atoms. The highest BCUT2D eigenvalue weighted by Gasteiger charge is 2.35. The zero-order valence-electron chi connectivity index (χ0n) is 14.4. The van der Waals surface area contributed by atoms with E-state index in [1.54, 1.807) is 19.2 Å². The fraction of sp³-hybridized carbons (Fsp3) is 0.250. The van der Waals surface area contributed by atoms with Gasteiger partial charge in [-0.2, -0.15) is 0 Å². The molecule has 3 rings (SSSR count). The van der Waals surface area contributed by atoms with Gasteiger partial charge < -0.3 is 15.3 Å². The molecule has 0 saturated heterocycles. The van der Waals surface area contributed by atoms with E-state index in [1.165, 1.54) is 4.90 Å². The van der Waals surface area contributed by atoms with Crippen LogP contribution >= 0.6 is 0 Å². The number of likely N-dealkylation sites (N-methyl/N-ethyl adjacent to an activating group) is 1. The summed E-state index contributed by atoms with van der Waals surface area (Å²) >= 11 is 0. The third-order valence-electron chi connectivity index (χ3n) is 4.65. The summed E-state index contributed by atoms with van der Waals surface area (Å²) in [6, 6.07) is 14.5. The second-order valence-electron chi connectivity index (χ2n) is 6.38. The molecule has 0 aromatic heterocycles. The fourth-order valence-corrected chi connectivity index (χ4v) is 3.17. The highest BCUT2D eigenvalue weighted by atomic mass is 16.4. The number of nitrogens with zero attached hydrogens (tertiary/aromatic N) is 1. The minimum Gasteiger partial charge on any atom is -0.480 e. The third kappa shape index (κ3) is 3.59. The zero-order chi connectivity index (χ0) is 18.7. The standard InChI is InChI=1S/C20H20N2O4/c1-22-17(12-14-9-5-6-10-15(14)19(22)24)18(23)21-16(20(25)26)11-13-7-3-2-4-8-13/h2-10,16-17H,11-12H2,1H3,(H,21,23)(H,25,26). The van der Waals surface area contributed by atoms with Gasteiger partial charge >= 0.3 is 5.97 Å². The molecule has 6 nitrogen and oxygen atoms in total. The molecule has 6 heteroatoms. The van der Waals surface area contributed by atoms with Crippen LogP contribution in [0.2, 0.25) is 0 Å². The minimum absolute atomic E-state index is 0.183. The average Bonchev–Trinajstić information content (AvgIpc) is 2.64. The van der Waals surface area contributed by atoms with Crippen LogP contribution in [0.15, 0.2) is 54.6 Å². The molecule has 0 fully saturated rings. The average molecular weight is 352 g/mol. The van der Waals surface area contributed by atoms with Crippen molar-refractivity contribution in [1.29, 1.82) is 0 Å². The number of carbonyl (C=O) groups excluding carboxylic acids is 2. The molecular formula is C20H20N2O4. The molecule has 2 N–H and O–H groups in total. The predicted octanol–water partition coefficient (Wildman–Crippen LogP) is 1.50. The van der Waals surface area contributed by atoms with Gasteiger partial charge in [0.25, 0.3) is 5.91 Å². The first-order valence-electron chi connectivity index (χ1n) is 8.39. The first-order chi connectivity index (χ1) is 12.5. The lowest BCUT2D eigenvalue weighted by Crippen LogP contribution is -2.55. The number of rotatable bonds is 5. The van der Waals surface area contributed by atoms with Gasteiger partial charge in [0.2, 0.25) is 5.91 Å². The number of nitrogens with one attached hydrogen (secondary N) is 1. The number of amides is 2. The number of fused-ring (bicyclic) bond motifs is 1. The Morgan fingerprint density at radius 1 is 1.15 bits per heavy atom. The van der Waals surface area contributed by atoms with Crippen molar-refractivity contribution in [3.8, 4) is 0 Å². The Labute approximate surface area is 151 Å². The van der Waals surface area contributed by atoms with Gasteiger partial charge in [0.05, 0.1) is 0 Å². The van der Waals surface area contributed by atoms with Gasteiger partial charge in [-0.15, -0.1) is 0 Å². The SMILES string of the molecule is CN1C(=O)c2ccccc2CC1C(=O)NC(Cc1ccccc1)C(=O)O. The summed E-state index contributed by atoms with van der Waals surface area (Å²) in [7, 11) is 1.56. The van der Waals surface area contributed by atoms with E-state index < -0.39 is 24.0 Å². The predicted molar refractivity (Wildman–Crippen MR) is 95.7 cm³/mol. The molecule has 0 bridgehead atoms. The Morgan fingerprint density at radius 3 is 2.50 bits per heavy atom. The normalized spacial score (nSPS) is 17.3. The van der Waals surface area contributed by atoms with Crippen molar-refractivity contribution >= 4 is 17.8 Å². The van der Waals surface area contributed by atoms with E-state index in [4.69, 9.17) is 0 Å². The summed E-state index contributed by atoms with van der Waals surface area (Å²) in [5, 5.41) is 12.0. The van der Waals surface area contributed by atoms with Crippen molar-refractivity contribution in [1.82, 2.24) is 10.2 Å². The summed E-state index contributed by atoms with van der Waals surface area (Å²) in [6.45, 7) is 0. The molecule has 2 amide bonds. The van der Waals surface area contributed by atoms with Gasteiger partial charge in [-0.25, -0.2) is 4.79 Å². The van der Waals surface area contributed by atoms with E-state index in [0.717, 1.165) is 11.1 Å². The number of hydrogen-bond donors (Lipinski definition) is 2. The zero-order valence-corrected chi connectivity index (χ0v) is 14.4. The van der Waals surface area contributed by atoms with E-state index in [0.29, 0.717) is 12.0 Å². The van der Waals surface area contributed by atoms with Crippen LogP contribution in [0, 0.1) is 0 Å². The Bertz CT molecular complexity index is 835. The van der Waals surface area contributed by atoms with Gasteiger partial charge in [-0.05, 0) is 17.2 Å². The van der Waals surface area contributed by atoms with Crippen LogP contribution in [0.5, 0.6) is 0 Å². The maximum absolute atomic E-state index is 12.7. The molecule has 2 aromatic carbocycles. The van der Waals surface area contributed by atoms with Crippen molar-refractivity contribution in [2.75, 3.05) is 7.05 Å². The number of hydrogen-bond acceptors (Lipinski definition) is 3.